The van der Waals surface area contributed by atoms with Gasteiger partial charge in [0.1, 0.15) is 45.1 Å². The predicted octanol–water partition coefficient (Wildman–Crippen LogP) is 11.4. The smallest absolute Gasteiger partial charge is 0.226 e. The number of carbonyl (C=O) groups is 16. The van der Waals surface area contributed by atoms with Crippen LogP contribution in [0.15, 0.2) is 46.2 Å². The van der Waals surface area contributed by atoms with Crippen LogP contribution >= 0.6 is 15.9 Å². The lowest BCUT2D eigenvalue weighted by atomic mass is 9.64. The van der Waals surface area contributed by atoms with E-state index in [1.165, 1.54) is 22.5 Å². The molecule has 9 aliphatic carbocycles. The number of nitrogens with one attached hydrogen (secondary N) is 1. The Bertz CT molecular complexity index is 4800. The molecule has 0 bridgehead atoms. The van der Waals surface area contributed by atoms with Crippen molar-refractivity contribution in [2.24, 2.45) is 58.2 Å². The van der Waals surface area contributed by atoms with Gasteiger partial charge in [0.05, 0.1) is 51.3 Å². The molecule has 0 spiro atoms. The summed E-state index contributed by atoms with van der Waals surface area (Å²) in [7, 11) is 15.1. The van der Waals surface area contributed by atoms with Gasteiger partial charge in [-0.3, -0.25) is 86.1 Å². The topological polar surface area (TPSA) is 407 Å². The maximum atomic E-state index is 12.2. The zero-order chi connectivity index (χ0) is 95.3. The van der Waals surface area contributed by atoms with Gasteiger partial charge in [0.15, 0.2) is 5.78 Å². The van der Waals surface area contributed by atoms with Crippen molar-refractivity contribution in [2.75, 3.05) is 42.3 Å². The Labute approximate surface area is 769 Å². The number of aromatic nitrogens is 4. The molecule has 0 aromatic carbocycles. The molecular formula is C98H143BrN12O18. The Morgan fingerprint density at radius 1 is 0.473 bits per heavy atom. The number of hydrogen-bond acceptors (Lipinski definition) is 20. The number of aryl methyl sites for hydroxylation is 3. The summed E-state index contributed by atoms with van der Waals surface area (Å²) < 4.78 is 4.92. The van der Waals surface area contributed by atoms with Gasteiger partial charge < -0.3 is 50.7 Å². The van der Waals surface area contributed by atoms with E-state index in [1.807, 2.05) is 106 Å². The van der Waals surface area contributed by atoms with E-state index in [4.69, 9.17) is 15.9 Å². The first-order valence-corrected chi connectivity index (χ1v) is 47.8. The molecule has 2 aromatic rings. The molecule has 18 rings (SSSR count). The summed E-state index contributed by atoms with van der Waals surface area (Å²) in [6, 6.07) is 1.03. The highest BCUT2D eigenvalue weighted by Crippen LogP contribution is 2.52. The van der Waals surface area contributed by atoms with Crippen molar-refractivity contribution in [3.05, 3.63) is 68.7 Å². The zero-order valence-electron chi connectivity index (χ0n) is 79.6. The predicted molar refractivity (Wildman–Crippen MR) is 486 cm³/mol. The molecule has 0 unspecified atom stereocenters. The molecule has 2 aromatic heterocycles. The second-order valence-corrected chi connectivity index (χ2v) is 41.6. The number of nitrogens with zero attached hydrogens (tertiary/aromatic N) is 10. The monoisotopic (exact) mass is 1850 g/mol. The van der Waals surface area contributed by atoms with Crippen molar-refractivity contribution in [3.8, 4) is 0 Å². The Hall–Kier alpha value is -9.00. The van der Waals surface area contributed by atoms with Crippen LogP contribution in [0, 0.1) is 38.4 Å². The summed E-state index contributed by atoms with van der Waals surface area (Å²) in [5, 5.41) is 31.2. The minimum Gasteiger partial charge on any atom is -0.515 e. The number of hydrogen-bond donors (Lipinski definition) is 4. The molecule has 5 N–H and O–H groups in total. The van der Waals surface area contributed by atoms with Gasteiger partial charge in [-0.1, -0.05) is 46.8 Å². The van der Waals surface area contributed by atoms with Crippen LogP contribution in [-0.4, -0.2) is 231 Å². The summed E-state index contributed by atoms with van der Waals surface area (Å²) in [6.45, 7) is 17.8. The zero-order valence-corrected chi connectivity index (χ0v) is 81.2. The molecule has 12 fully saturated rings. The first-order chi connectivity index (χ1) is 60.4. The molecule has 13 atom stereocenters. The van der Waals surface area contributed by atoms with Gasteiger partial charge in [-0.25, -0.2) is 0 Å². The highest BCUT2D eigenvalue weighted by molar-refractivity contribution is 9.10. The molecule has 9 heterocycles. The highest BCUT2D eigenvalue weighted by Gasteiger charge is 2.56. The lowest BCUT2D eigenvalue weighted by Gasteiger charge is -2.52. The van der Waals surface area contributed by atoms with Gasteiger partial charge in [0, 0.05) is 233 Å². The largest absolute Gasteiger partial charge is 0.515 e. The molecule has 8 amide bonds. The molecule has 31 heteroatoms. The van der Waals surface area contributed by atoms with Gasteiger partial charge in [-0.05, 0) is 197 Å². The third-order valence-corrected chi connectivity index (χ3v) is 33.9. The van der Waals surface area contributed by atoms with Gasteiger partial charge in [-0.15, -0.1) is 0 Å². The minimum absolute atomic E-state index is 0.00519. The third-order valence-electron chi connectivity index (χ3n) is 32.9. The Kier molecular flexibility index (Phi) is 32.5. The quantitative estimate of drug-likeness (QED) is 0.126. The number of ketones is 8. The lowest BCUT2D eigenvalue weighted by Crippen LogP contribution is -2.58. The number of allylic oxidation sites excluding steroid dienone is 5. The van der Waals surface area contributed by atoms with Crippen molar-refractivity contribution in [1.82, 2.24) is 54.3 Å². The Morgan fingerprint density at radius 3 is 1.49 bits per heavy atom. The van der Waals surface area contributed by atoms with E-state index >= 15 is 0 Å². The van der Waals surface area contributed by atoms with E-state index in [2.05, 4.69) is 53.3 Å². The molecule has 16 aliphatic rings. The maximum absolute atomic E-state index is 12.2. The minimum atomic E-state index is -0.951. The van der Waals surface area contributed by atoms with Crippen molar-refractivity contribution in [2.45, 2.75) is 353 Å². The number of halogens is 1. The standard InChI is InChI=1S/C13H18BrN3O.C13H19N3O.C12H17NO3.C11H19NO2.C11H17NO2.C11H15NO2.C10H15NO3.C10H13NO2.C7H10O2/c1-13-7-6-10(18)16(2)9(13)5-4-8-11(13)15-17(3)12(8)14;1-13-7-6-11(17)16(3)10(13)5-4-9-8-15(2)14-12(9)13;1-12-6-5-10(15)13(2)9(12)4-3-8(7-14)11(12)16;3*1-11-7-6-10(14)12(2)8(11)4-3-5-9(11)13;1-10(6-5-9(11)14)7(12)3-2-4-8(10)13;1-10-6-5-9(13)11-7(10)3-2-4-8(10)12;1-5-6(8)3-2-4-7(5)9/h9H,4-7H2,1-3H3;8,10H,4-7H2,1-3H3;7,9,14H,3-6H2,1-2H3;8-9,13H,3-7H2,1-2H3;8H,3-7H2,1-2H3;4H,3,5-7H2,1-2H3;2-6H2,1H3,(H2,11,14);3H,2,4-6H2,1H3,(H,11,13);5H,2-4H2,1H3/b;;8-7+;;;;;;/t9-,13+;10-,13+;9-,12+;8-,9+,11+;8-,11+;11-;;10-;/m111110.0./s1. The normalized spacial score (nSPS) is 33.0. The number of aliphatic hydroxyl groups excluding tert-OH is 2. The van der Waals surface area contributed by atoms with Gasteiger partial charge in [0.2, 0.25) is 47.3 Å². The second kappa shape index (κ2) is 41.0. The fourth-order valence-electron chi connectivity index (χ4n) is 23.4. The van der Waals surface area contributed by atoms with E-state index in [9.17, 15) is 81.8 Å². The average molecular weight is 1860 g/mol. The van der Waals surface area contributed by atoms with Crippen LogP contribution in [0.5, 0.6) is 0 Å². The molecule has 30 nitrogen and oxygen atoms in total. The SMILES string of the molecule is CC1(CCC(N)=O)C(=O)CCCC1=O.CC1C(=O)CCCC1=O.CN1C(=O)CC[C@]2(C)C(=O)/C(=C/O)CC[C@@H]12.CN1C(=O)CC[C@]2(C)C(=O)CCC=C12.CN1C(=O)CC[C@]2(C)C(=O)CCC[C@@H]12.CN1C(=O)CC[C@]2(C)[C@@H](O)CCC[C@@H]12.CN1C(=O)CC[C@]2(C)c3nn(C)c(Br)c3CC[C@@H]12.CN1C(=O)CC[C@]2(C)c3nn(C)cc3CC[C@@H]12.C[C@]12CCC(=O)NC1=CCCC2=O. The van der Waals surface area contributed by atoms with Gasteiger partial charge >= 0.3 is 0 Å². The molecule has 7 saturated heterocycles. The number of Topliss-reactive ketones (excluding diaryl/α,β-unsaturated/α-hetero) is 8. The number of carbonyl (C=O) groups excluding carboxylic acids is 16. The number of primary amides is 1. The van der Waals surface area contributed by atoms with Crippen LogP contribution in [0.2, 0.25) is 0 Å². The van der Waals surface area contributed by atoms with E-state index in [-0.39, 0.29) is 152 Å². The summed E-state index contributed by atoms with van der Waals surface area (Å²) in [5.41, 5.74) is 9.88. The van der Waals surface area contributed by atoms with E-state index < -0.39 is 22.2 Å². The van der Waals surface area contributed by atoms with Crippen LogP contribution in [-0.2, 0) is 114 Å². The summed E-state index contributed by atoms with van der Waals surface area (Å²) in [5.74, 6) is 1.57. The van der Waals surface area contributed by atoms with Crippen LogP contribution in [0.1, 0.15) is 316 Å². The summed E-state index contributed by atoms with van der Waals surface area (Å²) in [4.78, 5) is 195. The molecule has 710 valence electrons. The van der Waals surface area contributed by atoms with Crippen LogP contribution in [0.4, 0.5) is 0 Å². The summed E-state index contributed by atoms with van der Waals surface area (Å²) >= 11 is 3.62. The molecule has 5 saturated carbocycles. The molecule has 7 aliphatic heterocycles. The maximum Gasteiger partial charge on any atom is 0.226 e. The number of rotatable bonds is 3. The number of likely N-dealkylation sites (N-methyl/N-ethyl adjacent to an activating group) is 2. The molecule has 0 radical (unpaired) electrons. The van der Waals surface area contributed by atoms with E-state index in [1.54, 1.807) is 42.6 Å². The number of aliphatic hydroxyl groups is 2. The number of likely N-dealkylation sites (tertiary alicyclic amines) is 6. The van der Waals surface area contributed by atoms with E-state index in [0.717, 1.165) is 131 Å². The fraction of sp³-hybridized carbons (Fsp3) is 0.714. The number of fused-ring (bicyclic) bond motifs is 11. The van der Waals surface area contributed by atoms with Crippen LogP contribution in [0.3, 0.4) is 0 Å². The Morgan fingerprint density at radius 2 is 0.930 bits per heavy atom. The third kappa shape index (κ3) is 20.8. The van der Waals surface area contributed by atoms with Crippen molar-refractivity contribution >= 4 is 109 Å². The lowest BCUT2D eigenvalue weighted by molar-refractivity contribution is -0.151. The van der Waals surface area contributed by atoms with Crippen molar-refractivity contribution in [3.63, 3.8) is 0 Å². The molecular weight excluding hydrogens is 1710 g/mol. The van der Waals surface area contributed by atoms with Gasteiger partial charge in [0.25, 0.3) is 0 Å². The number of piperidine rings is 7. The number of amides is 8. The van der Waals surface area contributed by atoms with Gasteiger partial charge in [-0.2, -0.15) is 10.2 Å². The van der Waals surface area contributed by atoms with Crippen molar-refractivity contribution < 1.29 is 86.9 Å². The van der Waals surface area contributed by atoms with Crippen LogP contribution in [0.25, 0.3) is 0 Å². The number of nitrogens with two attached hydrogens (primary N) is 1. The highest BCUT2D eigenvalue weighted by atomic mass is 79.9. The fourth-order valence-corrected chi connectivity index (χ4v) is 23.9. The first-order valence-electron chi connectivity index (χ1n) is 47.0. The second-order valence-electron chi connectivity index (χ2n) is 40.9. The van der Waals surface area contributed by atoms with Crippen LogP contribution < -0.4 is 11.1 Å². The van der Waals surface area contributed by atoms with Crippen molar-refractivity contribution in [1.29, 1.82) is 0 Å². The average Bonchev–Trinajstić information content (AvgIpc) is 1.57. The Balaban J connectivity index is 0.000000152. The summed E-state index contributed by atoms with van der Waals surface area (Å²) in [6.07, 6.45) is 33.8. The van der Waals surface area contributed by atoms with E-state index in [0.29, 0.717) is 145 Å². The molecule has 129 heavy (non-hydrogen) atoms. The first kappa shape index (κ1) is 102.